The maximum absolute atomic E-state index is 5.64. The van der Waals surface area contributed by atoms with Gasteiger partial charge in [0.1, 0.15) is 0 Å². The van der Waals surface area contributed by atoms with E-state index in [0.29, 0.717) is 6.04 Å². The number of morpholine rings is 1. The van der Waals surface area contributed by atoms with E-state index in [9.17, 15) is 0 Å². The van der Waals surface area contributed by atoms with Crippen LogP contribution in [0.4, 0.5) is 0 Å². The van der Waals surface area contributed by atoms with Crippen molar-refractivity contribution in [3.8, 4) is 0 Å². The number of nitrogens with one attached hydrogen (secondary N) is 1. The quantitative estimate of drug-likeness (QED) is 0.808. The van der Waals surface area contributed by atoms with Gasteiger partial charge in [-0.15, -0.1) is 0 Å². The van der Waals surface area contributed by atoms with E-state index < -0.39 is 0 Å². The molecule has 0 aliphatic carbocycles. The van der Waals surface area contributed by atoms with Crippen LogP contribution in [0.2, 0.25) is 0 Å². The van der Waals surface area contributed by atoms with Gasteiger partial charge in [0.15, 0.2) is 0 Å². The van der Waals surface area contributed by atoms with Crippen molar-refractivity contribution in [2.75, 3.05) is 32.8 Å². The van der Waals surface area contributed by atoms with Crippen LogP contribution in [0.25, 0.3) is 0 Å². The molecular formula is C17H28N2O. The summed E-state index contributed by atoms with van der Waals surface area (Å²) >= 11 is 0. The zero-order chi connectivity index (χ0) is 14.4. The molecule has 3 heteroatoms. The highest BCUT2D eigenvalue weighted by atomic mass is 16.5. The third-order valence-corrected chi connectivity index (χ3v) is 4.11. The summed E-state index contributed by atoms with van der Waals surface area (Å²) in [6.07, 6.45) is 1.19. The van der Waals surface area contributed by atoms with E-state index in [2.05, 4.69) is 49.2 Å². The van der Waals surface area contributed by atoms with E-state index in [4.69, 9.17) is 4.74 Å². The Morgan fingerprint density at radius 3 is 2.90 bits per heavy atom. The van der Waals surface area contributed by atoms with E-state index >= 15 is 0 Å². The summed E-state index contributed by atoms with van der Waals surface area (Å²) in [6.45, 7) is 12.5. The summed E-state index contributed by atoms with van der Waals surface area (Å²) < 4.78 is 5.64. The second-order valence-corrected chi connectivity index (χ2v) is 5.82. The van der Waals surface area contributed by atoms with E-state index in [1.54, 1.807) is 0 Å². The molecule has 1 heterocycles. The molecule has 1 aliphatic rings. The molecule has 1 N–H and O–H groups in total. The predicted octanol–water partition coefficient (Wildman–Crippen LogP) is 2.50. The fourth-order valence-corrected chi connectivity index (χ4v) is 2.67. The molecule has 0 spiro atoms. The largest absolute Gasteiger partial charge is 0.378 e. The molecule has 0 bridgehead atoms. The van der Waals surface area contributed by atoms with E-state index in [0.717, 1.165) is 39.4 Å². The monoisotopic (exact) mass is 276 g/mol. The summed E-state index contributed by atoms with van der Waals surface area (Å²) in [4.78, 5) is 2.55. The molecule has 1 saturated heterocycles. The van der Waals surface area contributed by atoms with Crippen LogP contribution in [0.1, 0.15) is 30.0 Å². The number of ether oxygens (including phenoxy) is 1. The first kappa shape index (κ1) is 15.5. The Labute approximate surface area is 123 Å². The average molecular weight is 276 g/mol. The van der Waals surface area contributed by atoms with Gasteiger partial charge < -0.3 is 10.1 Å². The molecule has 0 aromatic heterocycles. The van der Waals surface area contributed by atoms with Crippen LogP contribution >= 0.6 is 0 Å². The second-order valence-electron chi connectivity index (χ2n) is 5.82. The minimum atomic E-state index is 0.497. The summed E-state index contributed by atoms with van der Waals surface area (Å²) in [5.41, 5.74) is 4.17. The molecule has 1 unspecified atom stereocenters. The molecular weight excluding hydrogens is 248 g/mol. The van der Waals surface area contributed by atoms with Crippen LogP contribution in [-0.2, 0) is 11.3 Å². The Morgan fingerprint density at radius 1 is 1.30 bits per heavy atom. The van der Waals surface area contributed by atoms with Gasteiger partial charge >= 0.3 is 0 Å². The Hall–Kier alpha value is -0.900. The normalized spacial score (nSPS) is 20.2. The molecule has 1 aromatic rings. The number of nitrogens with zero attached hydrogens (tertiary/aromatic N) is 1. The smallest absolute Gasteiger partial charge is 0.0635 e. The molecule has 20 heavy (non-hydrogen) atoms. The molecule has 1 atom stereocenters. The van der Waals surface area contributed by atoms with Crippen molar-refractivity contribution in [2.45, 2.75) is 39.8 Å². The van der Waals surface area contributed by atoms with Gasteiger partial charge in [-0.1, -0.05) is 25.1 Å². The van der Waals surface area contributed by atoms with Gasteiger partial charge in [-0.3, -0.25) is 4.90 Å². The van der Waals surface area contributed by atoms with Crippen molar-refractivity contribution in [3.05, 3.63) is 34.9 Å². The maximum atomic E-state index is 5.64. The number of benzene rings is 1. The topological polar surface area (TPSA) is 24.5 Å². The molecule has 112 valence electrons. The van der Waals surface area contributed by atoms with E-state index in [1.807, 2.05) is 0 Å². The van der Waals surface area contributed by atoms with Crippen LogP contribution in [0.5, 0.6) is 0 Å². The highest BCUT2D eigenvalue weighted by molar-refractivity contribution is 5.29. The lowest BCUT2D eigenvalue weighted by Gasteiger charge is -2.36. The van der Waals surface area contributed by atoms with E-state index in [1.165, 1.54) is 23.1 Å². The summed E-state index contributed by atoms with van der Waals surface area (Å²) in [6, 6.07) is 7.31. The third-order valence-electron chi connectivity index (χ3n) is 4.11. The molecule has 0 radical (unpaired) electrons. The fourth-order valence-electron chi connectivity index (χ4n) is 2.67. The Kier molecular flexibility index (Phi) is 6.02. The Morgan fingerprint density at radius 2 is 2.15 bits per heavy atom. The number of aryl methyl sites for hydroxylation is 2. The van der Waals surface area contributed by atoms with Gasteiger partial charge in [0.2, 0.25) is 0 Å². The number of rotatable bonds is 6. The molecule has 0 saturated carbocycles. The lowest BCUT2D eigenvalue weighted by molar-refractivity contribution is -0.0108. The number of hydrogen-bond donors (Lipinski definition) is 1. The van der Waals surface area contributed by atoms with Gasteiger partial charge in [0.05, 0.1) is 13.2 Å². The third kappa shape index (κ3) is 4.30. The summed E-state index contributed by atoms with van der Waals surface area (Å²) in [7, 11) is 0. The minimum absolute atomic E-state index is 0.497. The fraction of sp³-hybridized carbons (Fsp3) is 0.647. The second kappa shape index (κ2) is 7.77. The highest BCUT2D eigenvalue weighted by Gasteiger charge is 2.22. The van der Waals surface area contributed by atoms with Gasteiger partial charge in [-0.25, -0.2) is 0 Å². The van der Waals surface area contributed by atoms with Crippen LogP contribution in [0.15, 0.2) is 18.2 Å². The first-order valence-electron chi connectivity index (χ1n) is 7.79. The average Bonchev–Trinajstić information content (AvgIpc) is 2.45. The predicted molar refractivity (Wildman–Crippen MR) is 84.1 cm³/mol. The maximum Gasteiger partial charge on any atom is 0.0635 e. The van der Waals surface area contributed by atoms with E-state index in [-0.39, 0.29) is 0 Å². The first-order chi connectivity index (χ1) is 9.70. The van der Waals surface area contributed by atoms with Crippen molar-refractivity contribution < 1.29 is 4.74 Å². The zero-order valence-corrected chi connectivity index (χ0v) is 13.1. The lowest BCUT2D eigenvalue weighted by atomic mass is 10.1. The Balaban J connectivity index is 1.95. The van der Waals surface area contributed by atoms with Gasteiger partial charge in [-0.2, -0.15) is 0 Å². The van der Waals surface area contributed by atoms with Crippen LogP contribution in [0.3, 0.4) is 0 Å². The zero-order valence-electron chi connectivity index (χ0n) is 13.1. The highest BCUT2D eigenvalue weighted by Crippen LogP contribution is 2.15. The van der Waals surface area contributed by atoms with Crippen molar-refractivity contribution in [3.63, 3.8) is 0 Å². The van der Waals surface area contributed by atoms with Crippen molar-refractivity contribution >= 4 is 0 Å². The van der Waals surface area contributed by atoms with Crippen LogP contribution in [0, 0.1) is 13.8 Å². The molecule has 1 fully saturated rings. The SMILES string of the molecule is CCCNCC1COCCN1Cc1ccc(C)c(C)c1. The van der Waals surface area contributed by atoms with Gasteiger partial charge in [0.25, 0.3) is 0 Å². The lowest BCUT2D eigenvalue weighted by Crippen LogP contribution is -2.49. The summed E-state index contributed by atoms with van der Waals surface area (Å²) in [5.74, 6) is 0. The van der Waals surface area contributed by atoms with Gasteiger partial charge in [-0.05, 0) is 43.5 Å². The standard InChI is InChI=1S/C17H28N2O/c1-4-7-18-11-17-13-20-9-8-19(17)12-16-6-5-14(2)15(3)10-16/h5-6,10,17-18H,4,7-9,11-13H2,1-3H3. The van der Waals surface area contributed by atoms with Crippen molar-refractivity contribution in [1.82, 2.24) is 10.2 Å². The molecule has 2 rings (SSSR count). The summed E-state index contributed by atoms with van der Waals surface area (Å²) in [5, 5.41) is 3.52. The minimum Gasteiger partial charge on any atom is -0.378 e. The molecule has 3 nitrogen and oxygen atoms in total. The van der Waals surface area contributed by atoms with Crippen molar-refractivity contribution in [1.29, 1.82) is 0 Å². The van der Waals surface area contributed by atoms with Crippen LogP contribution < -0.4 is 5.32 Å². The number of hydrogen-bond acceptors (Lipinski definition) is 3. The van der Waals surface area contributed by atoms with Gasteiger partial charge in [0, 0.05) is 25.7 Å². The molecule has 0 amide bonds. The Bertz CT molecular complexity index is 419. The first-order valence-corrected chi connectivity index (χ1v) is 7.79. The van der Waals surface area contributed by atoms with Crippen LogP contribution in [-0.4, -0.2) is 43.8 Å². The molecule has 1 aromatic carbocycles. The molecule has 1 aliphatic heterocycles. The van der Waals surface area contributed by atoms with Crippen molar-refractivity contribution in [2.24, 2.45) is 0 Å².